The van der Waals surface area contributed by atoms with E-state index in [0.29, 0.717) is 5.69 Å². The predicted octanol–water partition coefficient (Wildman–Crippen LogP) is 0.403. The van der Waals surface area contributed by atoms with Gasteiger partial charge in [-0.25, -0.2) is 9.78 Å². The van der Waals surface area contributed by atoms with Crippen LogP contribution in [0.2, 0.25) is 0 Å². The van der Waals surface area contributed by atoms with Gasteiger partial charge < -0.3 is 15.0 Å². The number of carboxylic acids is 1. The number of aromatic nitrogens is 2. The molecule has 1 saturated carbocycles. The fraction of sp³-hybridized carbons (Fsp3) is 0.545. The van der Waals surface area contributed by atoms with Gasteiger partial charge in [-0.05, 0) is 25.7 Å². The zero-order valence-electron chi connectivity index (χ0n) is 9.80. The number of hydrogen-bond acceptors (Lipinski definition) is 3. The summed E-state index contributed by atoms with van der Waals surface area (Å²) < 4.78 is 1.56. The highest BCUT2D eigenvalue weighted by Crippen LogP contribution is 2.39. The smallest absolute Gasteiger partial charge is 0.329 e. The Morgan fingerprint density at radius 3 is 2.65 bits per heavy atom. The van der Waals surface area contributed by atoms with Crippen LogP contribution in [-0.4, -0.2) is 32.1 Å². The number of aliphatic carboxylic acids is 1. The Balaban J connectivity index is 2.17. The van der Waals surface area contributed by atoms with Crippen LogP contribution in [0.5, 0.6) is 0 Å². The zero-order chi connectivity index (χ0) is 12.6. The Bertz CT molecular complexity index is 464. The minimum absolute atomic E-state index is 0.0252. The number of rotatable bonds is 4. The number of nitrogens with one attached hydrogen (secondary N) is 1. The van der Waals surface area contributed by atoms with Crippen LogP contribution in [0.3, 0.4) is 0 Å². The van der Waals surface area contributed by atoms with Crippen LogP contribution < -0.4 is 5.32 Å². The van der Waals surface area contributed by atoms with Crippen molar-refractivity contribution in [2.75, 3.05) is 0 Å². The Hall–Kier alpha value is -1.85. The minimum atomic E-state index is -1.18. The lowest BCUT2D eigenvalue weighted by atomic mass is 9.96. The second kappa shape index (κ2) is 3.87. The number of hydrogen-bond donors (Lipinski definition) is 2. The lowest BCUT2D eigenvalue weighted by Crippen LogP contribution is -2.54. The summed E-state index contributed by atoms with van der Waals surface area (Å²) in [4.78, 5) is 27.0. The van der Waals surface area contributed by atoms with Gasteiger partial charge in [0.1, 0.15) is 11.2 Å². The molecule has 1 aromatic heterocycles. The van der Waals surface area contributed by atoms with Crippen molar-refractivity contribution >= 4 is 11.9 Å². The Morgan fingerprint density at radius 2 is 2.24 bits per heavy atom. The number of amides is 1. The van der Waals surface area contributed by atoms with Crippen LogP contribution in [0, 0.1) is 5.92 Å². The summed E-state index contributed by atoms with van der Waals surface area (Å²) in [6.45, 7) is 1.56. The maximum absolute atomic E-state index is 11.9. The molecule has 2 rings (SSSR count). The van der Waals surface area contributed by atoms with Gasteiger partial charge in [-0.1, -0.05) is 0 Å². The molecule has 1 atom stereocenters. The van der Waals surface area contributed by atoms with Crippen molar-refractivity contribution < 1.29 is 14.7 Å². The molecule has 1 aliphatic carbocycles. The van der Waals surface area contributed by atoms with Crippen LogP contribution in [0.25, 0.3) is 0 Å². The molecule has 1 unspecified atom stereocenters. The highest BCUT2D eigenvalue weighted by atomic mass is 16.4. The third-order valence-electron chi connectivity index (χ3n) is 3.26. The summed E-state index contributed by atoms with van der Waals surface area (Å²) >= 11 is 0. The Labute approximate surface area is 98.7 Å². The SMILES string of the molecule is Cn1cncc1C(=O)NC(C)(C(=O)O)C1CC1. The fourth-order valence-corrected chi connectivity index (χ4v) is 1.87. The van der Waals surface area contributed by atoms with Crippen LogP contribution in [-0.2, 0) is 11.8 Å². The van der Waals surface area contributed by atoms with E-state index in [2.05, 4.69) is 10.3 Å². The van der Waals surface area contributed by atoms with Crippen molar-refractivity contribution in [2.24, 2.45) is 13.0 Å². The molecular weight excluding hydrogens is 222 g/mol. The molecule has 0 bridgehead atoms. The van der Waals surface area contributed by atoms with Crippen molar-refractivity contribution in [1.29, 1.82) is 0 Å². The summed E-state index contributed by atoms with van der Waals surface area (Å²) in [6, 6.07) is 0. The second-order valence-corrected chi connectivity index (χ2v) is 4.63. The van der Waals surface area contributed by atoms with E-state index in [1.165, 1.54) is 12.5 Å². The monoisotopic (exact) mass is 237 g/mol. The average Bonchev–Trinajstić information content (AvgIpc) is 3.01. The van der Waals surface area contributed by atoms with Crippen LogP contribution in [0.4, 0.5) is 0 Å². The van der Waals surface area contributed by atoms with Gasteiger partial charge >= 0.3 is 5.97 Å². The van der Waals surface area contributed by atoms with Crippen molar-refractivity contribution in [3.05, 3.63) is 18.2 Å². The number of carbonyl (C=O) groups is 2. The van der Waals surface area contributed by atoms with Crippen molar-refractivity contribution in [3.63, 3.8) is 0 Å². The van der Waals surface area contributed by atoms with E-state index in [1.54, 1.807) is 18.5 Å². The lowest BCUT2D eigenvalue weighted by Gasteiger charge is -2.26. The molecule has 1 amide bonds. The molecule has 92 valence electrons. The second-order valence-electron chi connectivity index (χ2n) is 4.63. The van der Waals surface area contributed by atoms with Crippen LogP contribution in [0.15, 0.2) is 12.5 Å². The van der Waals surface area contributed by atoms with Gasteiger partial charge in [-0.3, -0.25) is 4.79 Å². The van der Waals surface area contributed by atoms with Gasteiger partial charge in [-0.2, -0.15) is 0 Å². The molecule has 1 heterocycles. The fourth-order valence-electron chi connectivity index (χ4n) is 1.87. The van der Waals surface area contributed by atoms with E-state index in [1.807, 2.05) is 0 Å². The molecule has 0 spiro atoms. The topological polar surface area (TPSA) is 84.2 Å². The highest BCUT2D eigenvalue weighted by molar-refractivity contribution is 5.96. The first-order chi connectivity index (χ1) is 7.95. The molecule has 0 aliphatic heterocycles. The van der Waals surface area contributed by atoms with E-state index in [4.69, 9.17) is 0 Å². The predicted molar refractivity (Wildman–Crippen MR) is 59.4 cm³/mol. The van der Waals surface area contributed by atoms with Crippen molar-refractivity contribution in [3.8, 4) is 0 Å². The molecule has 2 N–H and O–H groups in total. The van der Waals surface area contributed by atoms with E-state index in [0.717, 1.165) is 12.8 Å². The summed E-state index contributed by atoms with van der Waals surface area (Å²) in [5.41, 5.74) is -0.820. The summed E-state index contributed by atoms with van der Waals surface area (Å²) in [5, 5.41) is 11.8. The summed E-state index contributed by atoms with van der Waals surface area (Å²) in [5.74, 6) is -1.37. The number of nitrogens with zero attached hydrogens (tertiary/aromatic N) is 2. The molecule has 1 aliphatic rings. The Kier molecular flexibility index (Phi) is 2.65. The standard InChI is InChI=1S/C11H15N3O3/c1-11(10(16)17,7-3-4-7)13-9(15)8-5-12-6-14(8)2/h5-7H,3-4H2,1-2H3,(H,13,15)(H,16,17). The van der Waals surface area contributed by atoms with Gasteiger partial charge in [0.05, 0.1) is 12.5 Å². The number of aryl methyl sites for hydroxylation is 1. The van der Waals surface area contributed by atoms with Gasteiger partial charge in [0.2, 0.25) is 0 Å². The summed E-state index contributed by atoms with van der Waals surface area (Å²) in [7, 11) is 1.69. The van der Waals surface area contributed by atoms with Gasteiger partial charge in [0, 0.05) is 7.05 Å². The number of carbonyl (C=O) groups excluding carboxylic acids is 1. The van der Waals surface area contributed by atoms with E-state index in [-0.39, 0.29) is 5.92 Å². The van der Waals surface area contributed by atoms with Crippen LogP contribution >= 0.6 is 0 Å². The van der Waals surface area contributed by atoms with Crippen molar-refractivity contribution in [2.45, 2.75) is 25.3 Å². The maximum Gasteiger partial charge on any atom is 0.329 e. The highest BCUT2D eigenvalue weighted by Gasteiger charge is 2.48. The number of imidazole rings is 1. The molecular formula is C11H15N3O3. The molecule has 1 aromatic rings. The first kappa shape index (κ1) is 11.6. The van der Waals surface area contributed by atoms with Gasteiger partial charge in [0.15, 0.2) is 0 Å². The number of carboxylic acid groups (broad SMARTS) is 1. The molecule has 0 saturated heterocycles. The quantitative estimate of drug-likeness (QED) is 0.794. The van der Waals surface area contributed by atoms with E-state index < -0.39 is 17.4 Å². The van der Waals surface area contributed by atoms with E-state index in [9.17, 15) is 14.7 Å². The largest absolute Gasteiger partial charge is 0.480 e. The Morgan fingerprint density at radius 1 is 1.59 bits per heavy atom. The molecule has 6 heteroatoms. The minimum Gasteiger partial charge on any atom is -0.480 e. The molecule has 17 heavy (non-hydrogen) atoms. The molecule has 1 fully saturated rings. The van der Waals surface area contributed by atoms with E-state index >= 15 is 0 Å². The first-order valence-corrected chi connectivity index (χ1v) is 5.47. The normalized spacial score (nSPS) is 18.5. The van der Waals surface area contributed by atoms with Gasteiger partial charge in [0.25, 0.3) is 5.91 Å². The molecule has 6 nitrogen and oxygen atoms in total. The molecule has 0 aromatic carbocycles. The average molecular weight is 237 g/mol. The lowest BCUT2D eigenvalue weighted by molar-refractivity contribution is -0.144. The zero-order valence-corrected chi connectivity index (χ0v) is 9.80. The third-order valence-corrected chi connectivity index (χ3v) is 3.26. The maximum atomic E-state index is 11.9. The third kappa shape index (κ3) is 2.02. The summed E-state index contributed by atoms with van der Waals surface area (Å²) in [6.07, 6.45) is 4.61. The van der Waals surface area contributed by atoms with Crippen LogP contribution in [0.1, 0.15) is 30.3 Å². The molecule has 0 radical (unpaired) electrons. The van der Waals surface area contributed by atoms with Gasteiger partial charge in [-0.15, -0.1) is 0 Å². The van der Waals surface area contributed by atoms with Crippen molar-refractivity contribution in [1.82, 2.24) is 14.9 Å². The first-order valence-electron chi connectivity index (χ1n) is 5.47.